The highest BCUT2D eigenvalue weighted by atomic mass is 16.6. The molecular weight excluding hydrogens is 194 g/mol. The number of nitrogens with zero attached hydrogens (tertiary/aromatic N) is 1. The van der Waals surface area contributed by atoms with Crippen LogP contribution in [-0.4, -0.2) is 24.0 Å². The Hall–Kier alpha value is -1.71. The number of hydrogen-bond acceptors (Lipinski definition) is 4. The van der Waals surface area contributed by atoms with E-state index in [1.165, 1.54) is 7.11 Å². The molecule has 0 amide bonds. The van der Waals surface area contributed by atoms with E-state index in [4.69, 9.17) is 9.57 Å². The number of fused-ring (bicyclic) bond motifs is 1. The second kappa shape index (κ2) is 3.81. The van der Waals surface area contributed by atoms with Gasteiger partial charge in [0.25, 0.3) is 0 Å². The molecule has 1 atom stereocenters. The lowest BCUT2D eigenvalue weighted by atomic mass is 10.0. The first kappa shape index (κ1) is 9.83. The fourth-order valence-electron chi connectivity index (χ4n) is 1.68. The molecule has 4 heteroatoms. The summed E-state index contributed by atoms with van der Waals surface area (Å²) in [7, 11) is 1.52. The first-order valence-electron chi connectivity index (χ1n) is 4.81. The van der Waals surface area contributed by atoms with E-state index in [2.05, 4.69) is 5.16 Å². The Morgan fingerprint density at radius 1 is 1.53 bits per heavy atom. The third-order valence-corrected chi connectivity index (χ3v) is 2.29. The molecule has 15 heavy (non-hydrogen) atoms. The zero-order valence-corrected chi connectivity index (χ0v) is 8.73. The van der Waals surface area contributed by atoms with Gasteiger partial charge in [0.05, 0.1) is 5.71 Å². The summed E-state index contributed by atoms with van der Waals surface area (Å²) in [6.07, 6.45) is 0.763. The van der Waals surface area contributed by atoms with Crippen molar-refractivity contribution in [2.75, 3.05) is 7.11 Å². The second-order valence-corrected chi connectivity index (χ2v) is 3.53. The standard InChI is InChI=1S/C11H13NO3/c1-7-5-10(12-14-2)9-4-3-8(13)6-11(9)15-7/h3-4,6-7,13H,5H2,1-2H3. The Bertz CT molecular complexity index is 401. The Morgan fingerprint density at radius 3 is 3.07 bits per heavy atom. The van der Waals surface area contributed by atoms with Gasteiger partial charge in [-0.15, -0.1) is 0 Å². The molecule has 1 aromatic carbocycles. The summed E-state index contributed by atoms with van der Waals surface area (Å²) in [5.74, 6) is 0.851. The fourth-order valence-corrected chi connectivity index (χ4v) is 1.68. The number of phenolic OH excluding ortho intramolecular Hbond substituents is 1. The highest BCUT2D eigenvalue weighted by Gasteiger charge is 2.22. The molecule has 0 fully saturated rings. The third-order valence-electron chi connectivity index (χ3n) is 2.29. The molecule has 0 aliphatic carbocycles. The maximum absolute atomic E-state index is 9.34. The quantitative estimate of drug-likeness (QED) is 0.716. The minimum Gasteiger partial charge on any atom is -0.508 e. The van der Waals surface area contributed by atoms with E-state index in [1.54, 1.807) is 18.2 Å². The summed E-state index contributed by atoms with van der Waals surface area (Å²) in [6, 6.07) is 4.99. The van der Waals surface area contributed by atoms with Crippen molar-refractivity contribution in [1.29, 1.82) is 0 Å². The summed E-state index contributed by atoms with van der Waals surface area (Å²) < 4.78 is 5.59. The van der Waals surface area contributed by atoms with Gasteiger partial charge in [-0.3, -0.25) is 0 Å². The lowest BCUT2D eigenvalue weighted by Gasteiger charge is -2.24. The van der Waals surface area contributed by atoms with E-state index in [0.29, 0.717) is 12.2 Å². The minimum atomic E-state index is 0.0493. The first-order valence-corrected chi connectivity index (χ1v) is 4.81. The van der Waals surface area contributed by atoms with Crippen molar-refractivity contribution in [3.05, 3.63) is 23.8 Å². The fraction of sp³-hybridized carbons (Fsp3) is 0.364. The molecule has 2 rings (SSSR count). The highest BCUT2D eigenvalue weighted by Crippen LogP contribution is 2.31. The van der Waals surface area contributed by atoms with Crippen LogP contribution in [0.4, 0.5) is 0 Å². The average Bonchev–Trinajstić information content (AvgIpc) is 2.17. The van der Waals surface area contributed by atoms with Crippen molar-refractivity contribution in [2.24, 2.45) is 5.16 Å². The summed E-state index contributed by atoms with van der Waals surface area (Å²) in [6.45, 7) is 1.96. The van der Waals surface area contributed by atoms with Gasteiger partial charge < -0.3 is 14.7 Å². The normalized spacial score (nSPS) is 22.0. The van der Waals surface area contributed by atoms with Crippen molar-refractivity contribution in [2.45, 2.75) is 19.4 Å². The van der Waals surface area contributed by atoms with Gasteiger partial charge >= 0.3 is 0 Å². The first-order chi connectivity index (χ1) is 7.20. The molecule has 1 N–H and O–H groups in total. The van der Waals surface area contributed by atoms with E-state index in [0.717, 1.165) is 11.3 Å². The van der Waals surface area contributed by atoms with Crippen LogP contribution in [0.15, 0.2) is 23.4 Å². The molecule has 1 heterocycles. The average molecular weight is 207 g/mol. The van der Waals surface area contributed by atoms with Crippen molar-refractivity contribution in [1.82, 2.24) is 0 Å². The van der Waals surface area contributed by atoms with Gasteiger partial charge in [-0.25, -0.2) is 0 Å². The number of rotatable bonds is 1. The predicted molar refractivity (Wildman–Crippen MR) is 56.4 cm³/mol. The van der Waals surface area contributed by atoms with Crippen LogP contribution in [-0.2, 0) is 4.84 Å². The molecule has 1 unspecified atom stereocenters. The Morgan fingerprint density at radius 2 is 2.33 bits per heavy atom. The Labute approximate surface area is 88.1 Å². The molecule has 80 valence electrons. The van der Waals surface area contributed by atoms with E-state index in [-0.39, 0.29) is 11.9 Å². The molecule has 0 saturated heterocycles. The molecule has 0 bridgehead atoms. The van der Waals surface area contributed by atoms with Gasteiger partial charge in [0.1, 0.15) is 24.7 Å². The van der Waals surface area contributed by atoms with E-state index < -0.39 is 0 Å². The van der Waals surface area contributed by atoms with Crippen molar-refractivity contribution in [3.8, 4) is 11.5 Å². The van der Waals surface area contributed by atoms with Crippen LogP contribution >= 0.6 is 0 Å². The largest absolute Gasteiger partial charge is 0.508 e. The second-order valence-electron chi connectivity index (χ2n) is 3.53. The predicted octanol–water partition coefficient (Wildman–Crippen LogP) is 1.91. The van der Waals surface area contributed by atoms with Crippen LogP contribution in [0.1, 0.15) is 18.9 Å². The molecule has 0 aromatic heterocycles. The molecule has 1 aliphatic heterocycles. The molecule has 0 saturated carbocycles. The van der Waals surface area contributed by atoms with Gasteiger partial charge in [0.2, 0.25) is 0 Å². The van der Waals surface area contributed by atoms with E-state index >= 15 is 0 Å². The molecule has 1 aromatic rings. The number of oxime groups is 1. The van der Waals surface area contributed by atoms with Gasteiger partial charge in [-0.05, 0) is 19.1 Å². The SMILES string of the molecule is CON=C1CC(C)Oc2cc(O)ccc21. The van der Waals surface area contributed by atoms with Gasteiger partial charge in [0, 0.05) is 18.1 Å². The molecule has 1 aliphatic rings. The Kier molecular flexibility index (Phi) is 2.49. The van der Waals surface area contributed by atoms with Gasteiger partial charge in [-0.2, -0.15) is 0 Å². The maximum atomic E-state index is 9.34. The number of hydrogen-bond donors (Lipinski definition) is 1. The number of benzene rings is 1. The number of ether oxygens (including phenoxy) is 1. The summed E-state index contributed by atoms with van der Waals surface area (Å²) in [5.41, 5.74) is 1.74. The van der Waals surface area contributed by atoms with Crippen molar-refractivity contribution in [3.63, 3.8) is 0 Å². The van der Waals surface area contributed by atoms with Crippen LogP contribution < -0.4 is 4.74 Å². The van der Waals surface area contributed by atoms with E-state index in [9.17, 15) is 5.11 Å². The summed E-state index contributed by atoms with van der Waals surface area (Å²) in [5, 5.41) is 13.3. The lowest BCUT2D eigenvalue weighted by Crippen LogP contribution is -2.24. The smallest absolute Gasteiger partial charge is 0.132 e. The number of phenols is 1. The maximum Gasteiger partial charge on any atom is 0.132 e. The summed E-state index contributed by atoms with van der Waals surface area (Å²) >= 11 is 0. The van der Waals surface area contributed by atoms with E-state index in [1.807, 2.05) is 6.92 Å². The van der Waals surface area contributed by atoms with Crippen LogP contribution in [0.2, 0.25) is 0 Å². The monoisotopic (exact) mass is 207 g/mol. The van der Waals surface area contributed by atoms with Gasteiger partial charge in [-0.1, -0.05) is 5.16 Å². The third kappa shape index (κ3) is 1.88. The van der Waals surface area contributed by atoms with Gasteiger partial charge in [0.15, 0.2) is 0 Å². The summed E-state index contributed by atoms with van der Waals surface area (Å²) in [4.78, 5) is 4.79. The highest BCUT2D eigenvalue weighted by molar-refractivity contribution is 6.03. The van der Waals surface area contributed by atoms with Crippen LogP contribution in [0.25, 0.3) is 0 Å². The van der Waals surface area contributed by atoms with Crippen LogP contribution in [0.3, 0.4) is 0 Å². The van der Waals surface area contributed by atoms with Crippen LogP contribution in [0, 0.1) is 0 Å². The zero-order chi connectivity index (χ0) is 10.8. The molecule has 4 nitrogen and oxygen atoms in total. The number of aromatic hydroxyl groups is 1. The zero-order valence-electron chi connectivity index (χ0n) is 8.73. The molecule has 0 radical (unpaired) electrons. The topological polar surface area (TPSA) is 51.0 Å². The minimum absolute atomic E-state index is 0.0493. The van der Waals surface area contributed by atoms with Crippen LogP contribution in [0.5, 0.6) is 11.5 Å². The van der Waals surface area contributed by atoms with Crippen molar-refractivity contribution < 1.29 is 14.7 Å². The van der Waals surface area contributed by atoms with Crippen molar-refractivity contribution >= 4 is 5.71 Å². The molecular formula is C11H13NO3. The lowest BCUT2D eigenvalue weighted by molar-refractivity contribution is 0.197. The Balaban J connectivity index is 2.46. The molecule has 0 spiro atoms.